The van der Waals surface area contributed by atoms with E-state index in [1.54, 1.807) is 23.1 Å². The van der Waals surface area contributed by atoms with Crippen LogP contribution in [0, 0.1) is 17.2 Å². The van der Waals surface area contributed by atoms with Crippen LogP contribution in [0.1, 0.15) is 24.8 Å². The van der Waals surface area contributed by atoms with E-state index in [1.807, 2.05) is 12.1 Å². The predicted molar refractivity (Wildman–Crippen MR) is 172 cm³/mol. The highest BCUT2D eigenvalue weighted by Gasteiger charge is 2.36. The Bertz CT molecular complexity index is 1590. The molecule has 3 atom stereocenters. The minimum atomic E-state index is -1.37. The van der Waals surface area contributed by atoms with Gasteiger partial charge in [0.1, 0.15) is 24.3 Å². The van der Waals surface area contributed by atoms with Crippen molar-refractivity contribution in [3.63, 3.8) is 0 Å². The summed E-state index contributed by atoms with van der Waals surface area (Å²) in [6, 6.07) is 16.0. The normalized spacial score (nSPS) is 23.9. The number of nitriles is 1. The molecule has 47 heavy (non-hydrogen) atoms. The molecule has 1 aromatic heterocycles. The summed E-state index contributed by atoms with van der Waals surface area (Å²) in [5.74, 6) is 0.788. The topological polar surface area (TPSA) is 129 Å². The number of aromatic nitrogens is 3. The zero-order chi connectivity index (χ0) is 32.2. The maximum Gasteiger partial charge on any atom is 0.230 e. The lowest BCUT2D eigenvalue weighted by Crippen LogP contribution is -2.56. The molecule has 4 saturated heterocycles. The monoisotopic (exact) mass is 642 g/mol. The smallest absolute Gasteiger partial charge is 0.230 e. The second-order valence-corrected chi connectivity index (χ2v) is 12.5. The van der Waals surface area contributed by atoms with Gasteiger partial charge in [-0.05, 0) is 55.3 Å². The molecule has 3 aromatic rings. The number of halogens is 1. The lowest BCUT2D eigenvalue weighted by atomic mass is 9.98. The van der Waals surface area contributed by atoms with Gasteiger partial charge in [0.05, 0.1) is 43.9 Å². The van der Waals surface area contributed by atoms with Crippen molar-refractivity contribution in [2.24, 2.45) is 5.92 Å². The van der Waals surface area contributed by atoms with Crippen molar-refractivity contribution in [3.8, 4) is 23.2 Å². The van der Waals surface area contributed by atoms with Crippen molar-refractivity contribution in [3.05, 3.63) is 54.4 Å². The molecule has 4 fully saturated rings. The third-order valence-corrected chi connectivity index (χ3v) is 9.45. The minimum Gasteiger partial charge on any atom is -0.486 e. The van der Waals surface area contributed by atoms with Crippen LogP contribution < -0.4 is 15.0 Å². The van der Waals surface area contributed by atoms with Gasteiger partial charge < -0.3 is 29.3 Å². The summed E-state index contributed by atoms with van der Waals surface area (Å²) in [6.07, 6.45) is 1.24. The van der Waals surface area contributed by atoms with Crippen LogP contribution in [0.25, 0.3) is 11.4 Å². The predicted octanol–water partition coefficient (Wildman–Crippen LogP) is 3.42. The molecule has 5 heterocycles. The average Bonchev–Trinajstić information content (AvgIpc) is 3.09. The summed E-state index contributed by atoms with van der Waals surface area (Å²) < 4.78 is 32.0. The Morgan fingerprint density at radius 2 is 1.83 bits per heavy atom. The van der Waals surface area contributed by atoms with E-state index in [0.717, 1.165) is 57.9 Å². The SMILES string of the molecule is N#Cc1cc(-c2ncnc(Nc3ccc(N4CCN(C5COC5)CC4)cc3)n2)ccc1O[C@H]1CCN(C(=O)[C@H]2CCCOC2)C[C@H]1F. The highest BCUT2D eigenvalue weighted by Crippen LogP contribution is 2.30. The van der Waals surface area contributed by atoms with Crippen LogP contribution in [-0.4, -0.2) is 115 Å². The number of likely N-dealkylation sites (tertiary alicyclic amines) is 1. The quantitative estimate of drug-likeness (QED) is 0.388. The van der Waals surface area contributed by atoms with Crippen molar-refractivity contribution in [2.45, 2.75) is 37.6 Å². The van der Waals surface area contributed by atoms with E-state index < -0.39 is 12.3 Å². The molecule has 0 aliphatic carbocycles. The molecule has 4 aliphatic rings. The van der Waals surface area contributed by atoms with Crippen molar-refractivity contribution in [2.75, 3.05) is 75.9 Å². The molecule has 246 valence electrons. The van der Waals surface area contributed by atoms with Gasteiger partial charge in [0, 0.05) is 62.7 Å². The number of amides is 1. The summed E-state index contributed by atoms with van der Waals surface area (Å²) in [7, 11) is 0. The fourth-order valence-corrected chi connectivity index (χ4v) is 6.59. The van der Waals surface area contributed by atoms with E-state index >= 15 is 4.39 Å². The fraction of sp³-hybridized carbons (Fsp3) is 0.500. The summed E-state index contributed by atoms with van der Waals surface area (Å²) in [6.45, 7) is 7.18. The van der Waals surface area contributed by atoms with E-state index in [4.69, 9.17) is 14.2 Å². The molecule has 7 rings (SSSR count). The van der Waals surface area contributed by atoms with Gasteiger partial charge in [0.15, 0.2) is 12.0 Å². The van der Waals surface area contributed by atoms with Gasteiger partial charge >= 0.3 is 0 Å². The molecule has 0 unspecified atom stereocenters. The van der Waals surface area contributed by atoms with Gasteiger partial charge in [-0.3, -0.25) is 9.69 Å². The molecular formula is C34H39FN8O4. The van der Waals surface area contributed by atoms with E-state index in [9.17, 15) is 10.1 Å². The Morgan fingerprint density at radius 1 is 1.00 bits per heavy atom. The first-order chi connectivity index (χ1) is 23.0. The van der Waals surface area contributed by atoms with Crippen LogP contribution in [0.5, 0.6) is 5.75 Å². The Labute approximate surface area is 273 Å². The number of piperazine rings is 1. The van der Waals surface area contributed by atoms with E-state index in [0.29, 0.717) is 49.6 Å². The van der Waals surface area contributed by atoms with Crippen LogP contribution in [0.3, 0.4) is 0 Å². The third kappa shape index (κ3) is 7.15. The molecule has 0 radical (unpaired) electrons. The molecule has 0 saturated carbocycles. The molecule has 0 bridgehead atoms. The van der Waals surface area contributed by atoms with Crippen LogP contribution >= 0.6 is 0 Å². The van der Waals surface area contributed by atoms with Crippen molar-refractivity contribution >= 4 is 23.2 Å². The first-order valence-corrected chi connectivity index (χ1v) is 16.4. The lowest BCUT2D eigenvalue weighted by molar-refractivity contribution is -0.143. The van der Waals surface area contributed by atoms with Crippen molar-refractivity contribution < 1.29 is 23.4 Å². The number of carbonyl (C=O) groups excluding carboxylic acids is 1. The number of carbonyl (C=O) groups is 1. The second-order valence-electron chi connectivity index (χ2n) is 12.5. The number of nitrogens with zero attached hydrogens (tertiary/aromatic N) is 7. The van der Waals surface area contributed by atoms with Gasteiger partial charge in [-0.15, -0.1) is 0 Å². The molecule has 0 spiro atoms. The number of hydrogen-bond donors (Lipinski definition) is 1. The second kappa shape index (κ2) is 14.2. The van der Waals surface area contributed by atoms with Gasteiger partial charge in [-0.2, -0.15) is 10.2 Å². The minimum absolute atomic E-state index is 0.0309. The maximum atomic E-state index is 15.2. The molecule has 1 amide bonds. The number of benzene rings is 2. The molecular weight excluding hydrogens is 603 g/mol. The van der Waals surface area contributed by atoms with E-state index in [-0.39, 0.29) is 29.7 Å². The van der Waals surface area contributed by atoms with Gasteiger partial charge in [0.25, 0.3) is 0 Å². The zero-order valence-corrected chi connectivity index (χ0v) is 26.3. The maximum absolute atomic E-state index is 15.2. The molecule has 2 aromatic carbocycles. The number of alkyl halides is 1. The Morgan fingerprint density at radius 3 is 2.53 bits per heavy atom. The molecule has 12 nitrogen and oxygen atoms in total. The lowest BCUT2D eigenvalue weighted by Gasteiger charge is -2.43. The Hall–Kier alpha value is -4.38. The fourth-order valence-electron chi connectivity index (χ4n) is 6.59. The number of rotatable bonds is 8. The largest absolute Gasteiger partial charge is 0.486 e. The standard InChI is InChI=1S/C34H39FN8O4/c35-29-18-43(33(44)24-2-1-15-45-19-24)10-9-31(29)47-30-8-3-23(16-25(30)17-36)32-37-22-38-34(40-32)39-26-4-6-27(7-5-26)41-11-13-42(14-12-41)28-20-46-21-28/h3-8,16,22,24,28-29,31H,1-2,9-15,18-21H2,(H,37,38,39,40)/t24-,29+,31-/m0/s1. The summed E-state index contributed by atoms with van der Waals surface area (Å²) in [5, 5.41) is 13.1. The average molecular weight is 643 g/mol. The number of anilines is 3. The molecule has 13 heteroatoms. The van der Waals surface area contributed by atoms with E-state index in [2.05, 4.69) is 48.3 Å². The highest BCUT2D eigenvalue weighted by molar-refractivity contribution is 5.79. The number of hydrogen-bond acceptors (Lipinski definition) is 11. The van der Waals surface area contributed by atoms with Gasteiger partial charge in [-0.1, -0.05) is 0 Å². The van der Waals surface area contributed by atoms with Gasteiger partial charge in [0.2, 0.25) is 11.9 Å². The summed E-state index contributed by atoms with van der Waals surface area (Å²) in [4.78, 5) is 32.5. The highest BCUT2D eigenvalue weighted by atomic mass is 19.1. The molecule has 4 aliphatic heterocycles. The van der Waals surface area contributed by atoms with Crippen LogP contribution in [0.2, 0.25) is 0 Å². The number of ether oxygens (including phenoxy) is 3. The van der Waals surface area contributed by atoms with Crippen LogP contribution in [0.15, 0.2) is 48.8 Å². The summed E-state index contributed by atoms with van der Waals surface area (Å²) >= 11 is 0. The van der Waals surface area contributed by atoms with Crippen LogP contribution in [-0.2, 0) is 14.3 Å². The third-order valence-electron chi connectivity index (χ3n) is 9.45. The number of piperidine rings is 1. The van der Waals surface area contributed by atoms with Crippen LogP contribution in [0.4, 0.5) is 21.7 Å². The number of nitrogens with one attached hydrogen (secondary N) is 1. The molecule has 1 N–H and O–H groups in total. The van der Waals surface area contributed by atoms with Gasteiger partial charge in [-0.25, -0.2) is 14.4 Å². The first-order valence-electron chi connectivity index (χ1n) is 16.4. The first kappa shape index (κ1) is 31.2. The van der Waals surface area contributed by atoms with Crippen molar-refractivity contribution in [1.29, 1.82) is 5.26 Å². The van der Waals surface area contributed by atoms with Crippen molar-refractivity contribution in [1.82, 2.24) is 24.8 Å². The Kier molecular flexibility index (Phi) is 9.41. The zero-order valence-electron chi connectivity index (χ0n) is 26.3. The Balaban J connectivity index is 0.954. The summed E-state index contributed by atoms with van der Waals surface area (Å²) in [5.41, 5.74) is 2.88. The van der Waals surface area contributed by atoms with E-state index in [1.165, 1.54) is 12.0 Å².